The van der Waals surface area contributed by atoms with Gasteiger partial charge in [-0.2, -0.15) is 0 Å². The molecular formula is C17H14N4O3S3. The van der Waals surface area contributed by atoms with Crippen LogP contribution in [0, 0.1) is 14.1 Å². The fourth-order valence-corrected chi connectivity index (χ4v) is 4.72. The number of nitro groups is 1. The second kappa shape index (κ2) is 8.42. The average molecular weight is 419 g/mol. The molecule has 0 fully saturated rings. The fraction of sp³-hybridized carbons (Fsp3) is 0.118. The second-order valence-corrected chi connectivity index (χ2v) is 8.62. The Labute approximate surface area is 168 Å². The molecule has 138 valence electrons. The van der Waals surface area contributed by atoms with E-state index >= 15 is 0 Å². The van der Waals surface area contributed by atoms with Crippen LogP contribution >= 0.6 is 35.3 Å². The van der Waals surface area contributed by atoms with Crippen LogP contribution in [0.5, 0.6) is 0 Å². The van der Waals surface area contributed by atoms with Crippen molar-refractivity contribution in [2.24, 2.45) is 0 Å². The van der Waals surface area contributed by atoms with Crippen molar-refractivity contribution < 1.29 is 9.72 Å². The molecule has 0 bridgehead atoms. The molecule has 1 amide bonds. The SMILES string of the molecule is CC(Sc1nn(-c2ccccc2)c(=S)s1)C(=O)Nc1ccccc1[N+](=O)[O-]. The van der Waals surface area contributed by atoms with E-state index in [1.54, 1.807) is 23.7 Å². The summed E-state index contributed by atoms with van der Waals surface area (Å²) in [6, 6.07) is 15.5. The Hall–Kier alpha value is -2.56. The van der Waals surface area contributed by atoms with E-state index in [1.807, 2.05) is 30.3 Å². The Morgan fingerprint density at radius 2 is 1.93 bits per heavy atom. The summed E-state index contributed by atoms with van der Waals surface area (Å²) in [6.07, 6.45) is 0. The first kappa shape index (κ1) is 19.2. The maximum absolute atomic E-state index is 12.4. The fourth-order valence-electron chi connectivity index (χ4n) is 2.22. The number of amides is 1. The molecule has 0 aliphatic carbocycles. The minimum atomic E-state index is -0.527. The molecule has 1 N–H and O–H groups in total. The van der Waals surface area contributed by atoms with Crippen LogP contribution in [-0.2, 0) is 4.79 Å². The number of hydrogen-bond acceptors (Lipinski definition) is 7. The number of aromatic nitrogens is 2. The van der Waals surface area contributed by atoms with Crippen molar-refractivity contribution >= 4 is 52.6 Å². The number of hydrogen-bond donors (Lipinski definition) is 1. The van der Waals surface area contributed by atoms with Crippen LogP contribution in [0.15, 0.2) is 58.9 Å². The van der Waals surface area contributed by atoms with E-state index in [1.165, 1.54) is 35.2 Å². The number of carbonyl (C=O) groups is 1. The largest absolute Gasteiger partial charge is 0.319 e. The predicted octanol–water partition coefficient (Wildman–Crippen LogP) is 4.69. The van der Waals surface area contributed by atoms with Crippen LogP contribution in [0.25, 0.3) is 5.69 Å². The number of nitrogens with one attached hydrogen (secondary N) is 1. The van der Waals surface area contributed by atoms with Crippen molar-refractivity contribution in [3.05, 3.63) is 68.7 Å². The molecule has 2 aromatic carbocycles. The summed E-state index contributed by atoms with van der Waals surface area (Å²) in [6.45, 7) is 1.71. The van der Waals surface area contributed by atoms with Gasteiger partial charge in [0.2, 0.25) is 5.91 Å². The number of rotatable bonds is 6. The molecule has 1 unspecified atom stereocenters. The van der Waals surface area contributed by atoms with Crippen molar-refractivity contribution in [1.29, 1.82) is 0 Å². The van der Waals surface area contributed by atoms with Gasteiger partial charge in [-0.05, 0) is 37.3 Å². The Kier molecular flexibility index (Phi) is 5.99. The molecule has 10 heteroatoms. The topological polar surface area (TPSA) is 90.1 Å². The molecule has 0 aliphatic heterocycles. The summed E-state index contributed by atoms with van der Waals surface area (Å²) in [7, 11) is 0. The van der Waals surface area contributed by atoms with Crippen LogP contribution in [0.2, 0.25) is 0 Å². The van der Waals surface area contributed by atoms with Gasteiger partial charge in [-0.15, -0.1) is 5.10 Å². The maximum Gasteiger partial charge on any atom is 0.292 e. The molecule has 0 saturated heterocycles. The Morgan fingerprint density at radius 1 is 1.26 bits per heavy atom. The molecule has 0 radical (unpaired) electrons. The number of benzene rings is 2. The zero-order valence-electron chi connectivity index (χ0n) is 14.1. The van der Waals surface area contributed by atoms with Crippen molar-refractivity contribution in [2.75, 3.05) is 5.32 Å². The molecule has 7 nitrogen and oxygen atoms in total. The van der Waals surface area contributed by atoms with E-state index in [9.17, 15) is 14.9 Å². The number of thioether (sulfide) groups is 1. The van der Waals surface area contributed by atoms with E-state index in [0.29, 0.717) is 8.29 Å². The minimum Gasteiger partial charge on any atom is -0.319 e. The molecule has 3 aromatic rings. The minimum absolute atomic E-state index is 0.146. The molecule has 3 rings (SSSR count). The maximum atomic E-state index is 12.4. The van der Waals surface area contributed by atoms with Crippen molar-refractivity contribution in [2.45, 2.75) is 16.5 Å². The molecule has 0 saturated carbocycles. The van der Waals surface area contributed by atoms with Crippen molar-refractivity contribution in [3.63, 3.8) is 0 Å². The van der Waals surface area contributed by atoms with Crippen LogP contribution in [0.3, 0.4) is 0 Å². The highest BCUT2D eigenvalue weighted by Gasteiger charge is 2.21. The molecule has 0 spiro atoms. The highest BCUT2D eigenvalue weighted by molar-refractivity contribution is 8.02. The number of nitrogens with zero attached hydrogens (tertiary/aromatic N) is 3. The van der Waals surface area contributed by atoms with Gasteiger partial charge in [0.25, 0.3) is 5.69 Å². The first-order chi connectivity index (χ1) is 13.0. The van der Waals surface area contributed by atoms with E-state index in [4.69, 9.17) is 12.2 Å². The average Bonchev–Trinajstić information content (AvgIpc) is 3.02. The summed E-state index contributed by atoms with van der Waals surface area (Å²) in [4.78, 5) is 23.0. The van der Waals surface area contributed by atoms with E-state index in [0.717, 1.165) is 5.69 Å². The Balaban J connectivity index is 1.73. The van der Waals surface area contributed by atoms with Gasteiger partial charge in [-0.1, -0.05) is 53.4 Å². The molecular weight excluding hydrogens is 404 g/mol. The lowest BCUT2D eigenvalue weighted by Crippen LogP contribution is -2.22. The smallest absolute Gasteiger partial charge is 0.292 e. The lowest BCUT2D eigenvalue weighted by molar-refractivity contribution is -0.383. The third-order valence-corrected chi connectivity index (χ3v) is 5.95. The van der Waals surface area contributed by atoms with Crippen LogP contribution in [0.4, 0.5) is 11.4 Å². The quantitative estimate of drug-likeness (QED) is 0.270. The van der Waals surface area contributed by atoms with Gasteiger partial charge in [0.1, 0.15) is 5.69 Å². The molecule has 1 atom stereocenters. The third-order valence-electron chi connectivity index (χ3n) is 3.54. The van der Waals surface area contributed by atoms with Crippen molar-refractivity contribution in [1.82, 2.24) is 9.78 Å². The Bertz CT molecular complexity index is 1030. The lowest BCUT2D eigenvalue weighted by atomic mass is 10.2. The highest BCUT2D eigenvalue weighted by Crippen LogP contribution is 2.29. The predicted molar refractivity (Wildman–Crippen MR) is 109 cm³/mol. The summed E-state index contributed by atoms with van der Waals surface area (Å²) in [5.74, 6) is -0.346. The highest BCUT2D eigenvalue weighted by atomic mass is 32.2. The van der Waals surface area contributed by atoms with Gasteiger partial charge >= 0.3 is 0 Å². The van der Waals surface area contributed by atoms with Crippen LogP contribution in [-0.4, -0.2) is 25.9 Å². The zero-order valence-corrected chi connectivity index (χ0v) is 16.5. The summed E-state index contributed by atoms with van der Waals surface area (Å²) in [5.41, 5.74) is 0.872. The number of para-hydroxylation sites is 3. The zero-order chi connectivity index (χ0) is 19.4. The first-order valence-corrected chi connectivity index (χ1v) is 9.92. The summed E-state index contributed by atoms with van der Waals surface area (Å²) >= 11 is 7.92. The van der Waals surface area contributed by atoms with Gasteiger partial charge in [-0.25, -0.2) is 4.68 Å². The number of carbonyl (C=O) groups excluding carboxylic acids is 1. The monoisotopic (exact) mass is 418 g/mol. The normalized spacial score (nSPS) is 11.7. The van der Waals surface area contributed by atoms with Gasteiger partial charge in [0.15, 0.2) is 8.29 Å². The van der Waals surface area contributed by atoms with Gasteiger partial charge < -0.3 is 5.32 Å². The number of nitro benzene ring substituents is 1. The summed E-state index contributed by atoms with van der Waals surface area (Å²) in [5, 5.41) is 17.6. The van der Waals surface area contributed by atoms with Gasteiger partial charge in [-0.3, -0.25) is 14.9 Å². The van der Waals surface area contributed by atoms with Crippen LogP contribution < -0.4 is 5.32 Å². The third kappa shape index (κ3) is 4.59. The molecule has 1 aromatic heterocycles. The van der Waals surface area contributed by atoms with Gasteiger partial charge in [0, 0.05) is 6.07 Å². The van der Waals surface area contributed by atoms with E-state index in [-0.39, 0.29) is 17.3 Å². The molecule has 27 heavy (non-hydrogen) atoms. The Morgan fingerprint density at radius 3 is 2.63 bits per heavy atom. The van der Waals surface area contributed by atoms with E-state index < -0.39 is 10.2 Å². The lowest BCUT2D eigenvalue weighted by Gasteiger charge is -2.10. The van der Waals surface area contributed by atoms with Crippen LogP contribution in [0.1, 0.15) is 6.92 Å². The number of anilines is 1. The van der Waals surface area contributed by atoms with Crippen molar-refractivity contribution in [3.8, 4) is 5.69 Å². The molecule has 1 heterocycles. The molecule has 0 aliphatic rings. The van der Waals surface area contributed by atoms with E-state index in [2.05, 4.69) is 10.4 Å². The standard InChI is InChI=1S/C17H14N4O3S3/c1-11(15(22)18-13-9-5-6-10-14(13)21(23)24)26-16-19-20(17(25)27-16)12-7-3-2-4-8-12/h2-11H,1H3,(H,18,22). The second-order valence-electron chi connectivity index (χ2n) is 5.40. The first-order valence-electron chi connectivity index (χ1n) is 7.82. The van der Waals surface area contributed by atoms with Gasteiger partial charge in [0.05, 0.1) is 15.9 Å². The summed E-state index contributed by atoms with van der Waals surface area (Å²) < 4.78 is 2.87.